The fourth-order valence-corrected chi connectivity index (χ4v) is 4.80. The number of aryl methyl sites for hydroxylation is 1. The summed E-state index contributed by atoms with van der Waals surface area (Å²) in [6.45, 7) is 2.06. The fraction of sp³-hybridized carbons (Fsp3) is 0.412. The highest BCUT2D eigenvalue weighted by Gasteiger charge is 2.31. The molecule has 3 rings (SSSR count). The highest BCUT2D eigenvalue weighted by molar-refractivity contribution is 7.91. The summed E-state index contributed by atoms with van der Waals surface area (Å²) in [5.41, 5.74) is 2.16. The second-order valence-electron chi connectivity index (χ2n) is 6.07. The van der Waals surface area contributed by atoms with Crippen LogP contribution >= 0.6 is 0 Å². The van der Waals surface area contributed by atoms with Gasteiger partial charge in [0.15, 0.2) is 9.84 Å². The first-order chi connectivity index (χ1) is 11.5. The zero-order valence-electron chi connectivity index (χ0n) is 13.6. The van der Waals surface area contributed by atoms with Crippen LogP contribution in [0.25, 0.3) is 0 Å². The number of carbonyl (C=O) groups is 1. The lowest BCUT2D eigenvalue weighted by atomic mass is 10.0. The number of rotatable bonds is 5. The van der Waals surface area contributed by atoms with Crippen molar-refractivity contribution in [2.75, 3.05) is 16.8 Å². The molecule has 128 valence electrons. The van der Waals surface area contributed by atoms with Crippen molar-refractivity contribution in [3.63, 3.8) is 0 Å². The SMILES string of the molecule is CCc1ccccc1CC(=O)Nc1ccnn1C1CCS(=O)(=O)C1. The Hall–Kier alpha value is -2.15. The number of benzene rings is 1. The van der Waals surface area contributed by atoms with Crippen molar-refractivity contribution >= 4 is 21.6 Å². The Morgan fingerprint density at radius 1 is 1.29 bits per heavy atom. The van der Waals surface area contributed by atoms with E-state index in [-0.39, 0.29) is 29.9 Å². The van der Waals surface area contributed by atoms with Gasteiger partial charge in [0.05, 0.1) is 30.2 Å². The first kappa shape index (κ1) is 16.7. The summed E-state index contributed by atoms with van der Waals surface area (Å²) in [5.74, 6) is 0.681. The third-order valence-electron chi connectivity index (χ3n) is 4.34. The van der Waals surface area contributed by atoms with E-state index in [2.05, 4.69) is 17.3 Å². The molecule has 0 bridgehead atoms. The van der Waals surface area contributed by atoms with Gasteiger partial charge >= 0.3 is 0 Å². The highest BCUT2D eigenvalue weighted by Crippen LogP contribution is 2.26. The number of hydrogen-bond acceptors (Lipinski definition) is 4. The van der Waals surface area contributed by atoms with E-state index in [0.717, 1.165) is 17.5 Å². The molecule has 1 aliphatic heterocycles. The number of anilines is 1. The van der Waals surface area contributed by atoms with Crippen LogP contribution in [0.4, 0.5) is 5.82 Å². The third kappa shape index (κ3) is 3.67. The molecule has 1 atom stereocenters. The topological polar surface area (TPSA) is 81.1 Å². The Morgan fingerprint density at radius 2 is 2.04 bits per heavy atom. The van der Waals surface area contributed by atoms with Gasteiger partial charge in [0.25, 0.3) is 0 Å². The Bertz CT molecular complexity index is 842. The van der Waals surface area contributed by atoms with Crippen LogP contribution in [0, 0.1) is 0 Å². The van der Waals surface area contributed by atoms with Crippen molar-refractivity contribution in [2.45, 2.75) is 32.2 Å². The summed E-state index contributed by atoms with van der Waals surface area (Å²) in [4.78, 5) is 12.4. The van der Waals surface area contributed by atoms with Gasteiger partial charge in [-0.05, 0) is 24.0 Å². The fourth-order valence-electron chi connectivity index (χ4n) is 3.11. The highest BCUT2D eigenvalue weighted by atomic mass is 32.2. The quantitative estimate of drug-likeness (QED) is 0.897. The predicted molar refractivity (Wildman–Crippen MR) is 92.7 cm³/mol. The Labute approximate surface area is 141 Å². The van der Waals surface area contributed by atoms with E-state index in [1.165, 1.54) is 0 Å². The summed E-state index contributed by atoms with van der Waals surface area (Å²) >= 11 is 0. The molecule has 2 aromatic rings. The van der Waals surface area contributed by atoms with Crippen LogP contribution in [-0.2, 0) is 27.5 Å². The van der Waals surface area contributed by atoms with Gasteiger partial charge in [0.2, 0.25) is 5.91 Å². The van der Waals surface area contributed by atoms with Crippen molar-refractivity contribution < 1.29 is 13.2 Å². The van der Waals surface area contributed by atoms with Crippen molar-refractivity contribution in [2.24, 2.45) is 0 Å². The molecule has 1 N–H and O–H groups in total. The number of nitrogens with one attached hydrogen (secondary N) is 1. The van der Waals surface area contributed by atoms with E-state index >= 15 is 0 Å². The molecule has 6 nitrogen and oxygen atoms in total. The predicted octanol–water partition coefficient (Wildman–Crippen LogP) is 1.99. The molecule has 2 heterocycles. The first-order valence-corrected chi connectivity index (χ1v) is 9.91. The molecule has 0 aliphatic carbocycles. The Morgan fingerprint density at radius 3 is 2.71 bits per heavy atom. The van der Waals surface area contributed by atoms with Crippen LogP contribution in [0.2, 0.25) is 0 Å². The van der Waals surface area contributed by atoms with Gasteiger partial charge in [-0.15, -0.1) is 0 Å². The molecule has 1 unspecified atom stereocenters. The minimum absolute atomic E-state index is 0.0796. The molecule has 1 aromatic heterocycles. The molecule has 1 aromatic carbocycles. The maximum Gasteiger partial charge on any atom is 0.229 e. The molecule has 0 saturated carbocycles. The van der Waals surface area contributed by atoms with E-state index in [9.17, 15) is 13.2 Å². The number of sulfone groups is 1. The van der Waals surface area contributed by atoms with E-state index in [4.69, 9.17) is 0 Å². The molecular formula is C17H21N3O3S. The largest absolute Gasteiger partial charge is 0.311 e. The average Bonchev–Trinajstić information content (AvgIpc) is 3.13. The van der Waals surface area contributed by atoms with Crippen LogP contribution < -0.4 is 5.32 Å². The summed E-state index contributed by atoms with van der Waals surface area (Å²) in [5, 5.41) is 7.06. The van der Waals surface area contributed by atoms with Crippen molar-refractivity contribution in [3.05, 3.63) is 47.7 Å². The molecule has 1 aliphatic rings. The lowest BCUT2D eigenvalue weighted by molar-refractivity contribution is -0.115. The van der Waals surface area contributed by atoms with E-state index in [0.29, 0.717) is 12.2 Å². The number of amides is 1. The van der Waals surface area contributed by atoms with Crippen LogP contribution in [0.15, 0.2) is 36.5 Å². The average molecular weight is 347 g/mol. The van der Waals surface area contributed by atoms with E-state index in [1.54, 1.807) is 16.9 Å². The molecule has 1 amide bonds. The monoisotopic (exact) mass is 347 g/mol. The minimum atomic E-state index is -3.00. The van der Waals surface area contributed by atoms with Crippen LogP contribution in [0.5, 0.6) is 0 Å². The maximum atomic E-state index is 12.4. The third-order valence-corrected chi connectivity index (χ3v) is 6.09. The molecule has 1 saturated heterocycles. The normalized spacial score (nSPS) is 19.3. The van der Waals surface area contributed by atoms with Gasteiger partial charge in [0.1, 0.15) is 5.82 Å². The summed E-state index contributed by atoms with van der Waals surface area (Å²) in [7, 11) is -3.00. The number of carbonyl (C=O) groups excluding carboxylic acids is 1. The van der Waals surface area contributed by atoms with Crippen molar-refractivity contribution in [1.29, 1.82) is 0 Å². The van der Waals surface area contributed by atoms with Gasteiger partial charge in [-0.1, -0.05) is 31.2 Å². The zero-order chi connectivity index (χ0) is 17.2. The Kier molecular flexibility index (Phi) is 4.71. The molecule has 24 heavy (non-hydrogen) atoms. The summed E-state index contributed by atoms with van der Waals surface area (Å²) in [6.07, 6.45) is 3.28. The molecule has 0 radical (unpaired) electrons. The minimum Gasteiger partial charge on any atom is -0.311 e. The second kappa shape index (κ2) is 6.76. The molecule has 0 spiro atoms. The smallest absolute Gasteiger partial charge is 0.229 e. The van der Waals surface area contributed by atoms with Crippen LogP contribution in [-0.4, -0.2) is 35.6 Å². The Balaban J connectivity index is 1.71. The van der Waals surface area contributed by atoms with Crippen molar-refractivity contribution in [3.8, 4) is 0 Å². The molecule has 1 fully saturated rings. The number of nitrogens with zero attached hydrogens (tertiary/aromatic N) is 2. The lowest BCUT2D eigenvalue weighted by Crippen LogP contribution is -2.21. The first-order valence-electron chi connectivity index (χ1n) is 8.09. The van der Waals surface area contributed by atoms with E-state index in [1.807, 2.05) is 24.3 Å². The molecular weight excluding hydrogens is 326 g/mol. The van der Waals surface area contributed by atoms with Gasteiger partial charge in [-0.2, -0.15) is 5.10 Å². The summed E-state index contributed by atoms with van der Waals surface area (Å²) in [6, 6.07) is 9.37. The summed E-state index contributed by atoms with van der Waals surface area (Å²) < 4.78 is 24.9. The van der Waals surface area contributed by atoms with Crippen molar-refractivity contribution in [1.82, 2.24) is 9.78 Å². The standard InChI is InChI=1S/C17H21N3O3S/c1-2-13-5-3-4-6-14(13)11-17(21)19-16-7-9-18-20(16)15-8-10-24(22,23)12-15/h3-7,9,15H,2,8,10-12H2,1H3,(H,19,21). The zero-order valence-corrected chi connectivity index (χ0v) is 14.4. The van der Waals surface area contributed by atoms with Gasteiger partial charge in [0, 0.05) is 6.07 Å². The van der Waals surface area contributed by atoms with Crippen LogP contribution in [0.1, 0.15) is 30.5 Å². The van der Waals surface area contributed by atoms with Gasteiger partial charge in [-0.3, -0.25) is 4.79 Å². The number of aromatic nitrogens is 2. The van der Waals surface area contributed by atoms with E-state index < -0.39 is 9.84 Å². The maximum absolute atomic E-state index is 12.4. The van der Waals surface area contributed by atoms with Crippen LogP contribution in [0.3, 0.4) is 0 Å². The second-order valence-corrected chi connectivity index (χ2v) is 8.29. The molecule has 7 heteroatoms. The lowest BCUT2D eigenvalue weighted by Gasteiger charge is -2.14. The number of hydrogen-bond donors (Lipinski definition) is 1. The van der Waals surface area contributed by atoms with Gasteiger partial charge < -0.3 is 5.32 Å². The van der Waals surface area contributed by atoms with Gasteiger partial charge in [-0.25, -0.2) is 13.1 Å².